The molecule has 1 aromatic heterocycles. The fourth-order valence-corrected chi connectivity index (χ4v) is 4.44. The number of carbonyl (C=O) groups excluding carboxylic acids is 1. The van der Waals surface area contributed by atoms with Crippen molar-refractivity contribution < 1.29 is 17.9 Å². The van der Waals surface area contributed by atoms with Crippen LogP contribution in [-0.2, 0) is 34.3 Å². The number of nitrogens with one attached hydrogen (secondary N) is 2. The van der Waals surface area contributed by atoms with Gasteiger partial charge in [-0.15, -0.1) is 11.3 Å². The highest BCUT2D eigenvalue weighted by Crippen LogP contribution is 2.17. The summed E-state index contributed by atoms with van der Waals surface area (Å²) in [7, 11) is -3.19. The van der Waals surface area contributed by atoms with Crippen LogP contribution in [0.1, 0.15) is 25.7 Å². The topological polar surface area (TPSA) is 87.7 Å². The predicted octanol–water partition coefficient (Wildman–Crippen LogP) is 1.60. The minimum atomic E-state index is -3.19. The molecule has 0 aliphatic carbocycles. The molecule has 1 saturated heterocycles. The van der Waals surface area contributed by atoms with Crippen molar-refractivity contribution in [3.63, 3.8) is 0 Å². The molecule has 1 amide bonds. The van der Waals surface area contributed by atoms with Crippen LogP contribution in [0.5, 0.6) is 0 Å². The van der Waals surface area contributed by atoms with Crippen molar-refractivity contribution in [1.29, 1.82) is 0 Å². The van der Waals surface area contributed by atoms with Crippen molar-refractivity contribution in [3.8, 4) is 0 Å². The molecule has 29 heavy (non-hydrogen) atoms. The number of hydrogen-bond acceptors (Lipinski definition) is 6. The number of rotatable bonds is 9. The van der Waals surface area contributed by atoms with Crippen molar-refractivity contribution in [2.24, 2.45) is 0 Å². The maximum absolute atomic E-state index is 12.4. The fraction of sp³-hybridized carbons (Fsp3) is 0.450. The first kappa shape index (κ1) is 21.9. The molecule has 0 bridgehead atoms. The summed E-state index contributed by atoms with van der Waals surface area (Å²) in [6.45, 7) is 5.24. The SMILES string of the molecule is CS(=O)(=O)NCCc1ccc(C(=O)NCc2ccc(CN3CCOCC3)cc2)s1. The van der Waals surface area contributed by atoms with Crippen LogP contribution < -0.4 is 10.0 Å². The van der Waals surface area contributed by atoms with Crippen LogP contribution in [0, 0.1) is 0 Å². The third kappa shape index (κ3) is 7.52. The van der Waals surface area contributed by atoms with Gasteiger partial charge in [-0.1, -0.05) is 24.3 Å². The number of carbonyl (C=O) groups is 1. The molecule has 1 fully saturated rings. The van der Waals surface area contributed by atoms with E-state index in [1.54, 1.807) is 6.07 Å². The molecule has 0 saturated carbocycles. The third-order valence-electron chi connectivity index (χ3n) is 4.61. The van der Waals surface area contributed by atoms with Gasteiger partial charge in [-0.2, -0.15) is 0 Å². The minimum absolute atomic E-state index is 0.116. The maximum atomic E-state index is 12.4. The second-order valence-electron chi connectivity index (χ2n) is 7.07. The van der Waals surface area contributed by atoms with E-state index in [1.165, 1.54) is 16.9 Å². The number of ether oxygens (including phenoxy) is 1. The van der Waals surface area contributed by atoms with Gasteiger partial charge >= 0.3 is 0 Å². The number of amides is 1. The Labute approximate surface area is 176 Å². The molecular formula is C20H27N3O4S2. The van der Waals surface area contributed by atoms with E-state index < -0.39 is 10.0 Å². The Balaban J connectivity index is 1.44. The van der Waals surface area contributed by atoms with E-state index in [0.717, 1.165) is 49.5 Å². The van der Waals surface area contributed by atoms with Crippen LogP contribution in [0.15, 0.2) is 36.4 Å². The van der Waals surface area contributed by atoms with E-state index >= 15 is 0 Å². The molecule has 158 valence electrons. The van der Waals surface area contributed by atoms with E-state index in [4.69, 9.17) is 4.74 Å². The van der Waals surface area contributed by atoms with Crippen LogP contribution in [0.25, 0.3) is 0 Å². The molecule has 0 radical (unpaired) electrons. The summed E-state index contributed by atoms with van der Waals surface area (Å²) in [6, 6.07) is 12.0. The Hall–Kier alpha value is -1.78. The molecule has 1 aromatic carbocycles. The number of hydrogen-bond donors (Lipinski definition) is 2. The van der Waals surface area contributed by atoms with E-state index in [9.17, 15) is 13.2 Å². The highest BCUT2D eigenvalue weighted by molar-refractivity contribution is 7.88. The second kappa shape index (κ2) is 10.3. The van der Waals surface area contributed by atoms with Crippen LogP contribution in [0.4, 0.5) is 0 Å². The largest absolute Gasteiger partial charge is 0.379 e. The molecule has 0 spiro atoms. The van der Waals surface area contributed by atoms with Gasteiger partial charge in [0.15, 0.2) is 0 Å². The molecule has 3 rings (SSSR count). The smallest absolute Gasteiger partial charge is 0.261 e. The average molecular weight is 438 g/mol. The zero-order chi connectivity index (χ0) is 20.7. The zero-order valence-corrected chi connectivity index (χ0v) is 18.2. The number of sulfonamides is 1. The van der Waals surface area contributed by atoms with Gasteiger partial charge < -0.3 is 10.1 Å². The first-order valence-electron chi connectivity index (χ1n) is 9.58. The lowest BCUT2D eigenvalue weighted by Crippen LogP contribution is -2.35. The molecule has 2 heterocycles. The standard InChI is InChI=1S/C20H27N3O4S2/c1-29(25,26)22-9-8-18-6-7-19(28-18)20(24)21-14-16-2-4-17(5-3-16)15-23-10-12-27-13-11-23/h2-7,22H,8-15H2,1H3,(H,21,24). The number of benzene rings is 1. The van der Waals surface area contributed by atoms with E-state index in [1.807, 2.05) is 18.2 Å². The maximum Gasteiger partial charge on any atom is 0.261 e. The molecule has 1 aliphatic rings. The first-order chi connectivity index (χ1) is 13.9. The Morgan fingerprint density at radius 3 is 2.48 bits per heavy atom. The molecule has 1 aliphatic heterocycles. The first-order valence-corrected chi connectivity index (χ1v) is 12.3. The summed E-state index contributed by atoms with van der Waals surface area (Å²) < 4.78 is 30.0. The van der Waals surface area contributed by atoms with E-state index in [2.05, 4.69) is 27.1 Å². The van der Waals surface area contributed by atoms with E-state index in [0.29, 0.717) is 24.4 Å². The van der Waals surface area contributed by atoms with Crippen LogP contribution >= 0.6 is 11.3 Å². The summed E-state index contributed by atoms with van der Waals surface area (Å²) >= 11 is 1.39. The summed E-state index contributed by atoms with van der Waals surface area (Å²) in [6.07, 6.45) is 1.70. The van der Waals surface area contributed by atoms with Crippen LogP contribution in [-0.4, -0.2) is 58.3 Å². The fourth-order valence-electron chi connectivity index (χ4n) is 3.04. The summed E-state index contributed by atoms with van der Waals surface area (Å²) in [5.41, 5.74) is 2.31. The molecule has 0 atom stereocenters. The molecule has 2 N–H and O–H groups in total. The highest BCUT2D eigenvalue weighted by atomic mass is 32.2. The van der Waals surface area contributed by atoms with Crippen molar-refractivity contribution in [2.45, 2.75) is 19.5 Å². The Bertz CT molecular complexity index is 904. The lowest BCUT2D eigenvalue weighted by atomic mass is 10.1. The Morgan fingerprint density at radius 2 is 1.79 bits per heavy atom. The monoisotopic (exact) mass is 437 g/mol. The Morgan fingerprint density at radius 1 is 1.10 bits per heavy atom. The third-order valence-corrected chi connectivity index (χ3v) is 6.48. The van der Waals surface area contributed by atoms with Gasteiger partial charge in [0.05, 0.1) is 24.3 Å². The van der Waals surface area contributed by atoms with Crippen molar-refractivity contribution in [1.82, 2.24) is 14.9 Å². The van der Waals surface area contributed by atoms with Crippen molar-refractivity contribution in [3.05, 3.63) is 57.3 Å². The van der Waals surface area contributed by atoms with Crippen molar-refractivity contribution >= 4 is 27.3 Å². The molecule has 7 nitrogen and oxygen atoms in total. The lowest BCUT2D eigenvalue weighted by Gasteiger charge is -2.26. The highest BCUT2D eigenvalue weighted by Gasteiger charge is 2.12. The van der Waals surface area contributed by atoms with Gasteiger partial charge in [0.2, 0.25) is 10.0 Å². The minimum Gasteiger partial charge on any atom is -0.379 e. The van der Waals surface area contributed by atoms with E-state index in [-0.39, 0.29) is 5.91 Å². The molecule has 0 unspecified atom stereocenters. The molecule has 2 aromatic rings. The quantitative estimate of drug-likeness (QED) is 0.622. The van der Waals surface area contributed by atoms with Crippen LogP contribution in [0.3, 0.4) is 0 Å². The summed E-state index contributed by atoms with van der Waals surface area (Å²) in [4.78, 5) is 16.3. The van der Waals surface area contributed by atoms with Crippen LogP contribution in [0.2, 0.25) is 0 Å². The normalized spacial score (nSPS) is 15.3. The summed E-state index contributed by atoms with van der Waals surface area (Å²) in [5.74, 6) is -0.116. The van der Waals surface area contributed by atoms with Gasteiger partial charge in [-0.3, -0.25) is 9.69 Å². The van der Waals surface area contributed by atoms with Gasteiger partial charge in [-0.05, 0) is 29.7 Å². The lowest BCUT2D eigenvalue weighted by molar-refractivity contribution is 0.0342. The zero-order valence-electron chi connectivity index (χ0n) is 16.5. The number of nitrogens with zero attached hydrogens (tertiary/aromatic N) is 1. The molecule has 9 heteroatoms. The second-order valence-corrected chi connectivity index (χ2v) is 10.1. The van der Waals surface area contributed by atoms with Gasteiger partial charge in [0, 0.05) is 37.6 Å². The van der Waals surface area contributed by atoms with Crippen molar-refractivity contribution in [2.75, 3.05) is 39.1 Å². The molecular weight excluding hydrogens is 410 g/mol. The average Bonchev–Trinajstić information content (AvgIpc) is 3.16. The van der Waals surface area contributed by atoms with Gasteiger partial charge in [0.25, 0.3) is 5.91 Å². The predicted molar refractivity (Wildman–Crippen MR) is 115 cm³/mol. The van der Waals surface area contributed by atoms with Gasteiger partial charge in [0.1, 0.15) is 0 Å². The van der Waals surface area contributed by atoms with Gasteiger partial charge in [-0.25, -0.2) is 13.1 Å². The summed E-state index contributed by atoms with van der Waals surface area (Å²) in [5, 5.41) is 2.94. The Kier molecular flexibility index (Phi) is 7.79. The number of morpholine rings is 1. The number of thiophene rings is 1.